The van der Waals surface area contributed by atoms with Crippen LogP contribution < -0.4 is 5.73 Å². The molecule has 1 unspecified atom stereocenters. The molecule has 1 aromatic rings. The molecule has 1 fully saturated rings. The van der Waals surface area contributed by atoms with E-state index in [-0.39, 0.29) is 6.04 Å². The fourth-order valence-electron chi connectivity index (χ4n) is 3.00. The van der Waals surface area contributed by atoms with Gasteiger partial charge in [-0.1, -0.05) is 31.2 Å². The lowest BCUT2D eigenvalue weighted by molar-refractivity contribution is 0.140. The minimum atomic E-state index is -3.08. The fraction of sp³-hybridized carbons (Fsp3) is 0.600. The van der Waals surface area contributed by atoms with Gasteiger partial charge in [0.1, 0.15) is 0 Å². The summed E-state index contributed by atoms with van der Waals surface area (Å²) in [5, 5.41) is 0. The minimum Gasteiger partial charge on any atom is -0.329 e. The van der Waals surface area contributed by atoms with Crippen molar-refractivity contribution in [1.82, 2.24) is 9.21 Å². The van der Waals surface area contributed by atoms with Gasteiger partial charge in [0, 0.05) is 38.8 Å². The number of aryl methyl sites for hydroxylation is 1. The zero-order valence-corrected chi connectivity index (χ0v) is 13.6. The van der Waals surface area contributed by atoms with E-state index < -0.39 is 10.0 Å². The van der Waals surface area contributed by atoms with Crippen LogP contribution in [0.15, 0.2) is 24.3 Å². The molecular weight excluding hydrogens is 286 g/mol. The van der Waals surface area contributed by atoms with Crippen LogP contribution in [0, 0.1) is 0 Å². The van der Waals surface area contributed by atoms with Crippen molar-refractivity contribution in [3.63, 3.8) is 0 Å². The van der Waals surface area contributed by atoms with Crippen LogP contribution in [-0.2, 0) is 16.4 Å². The molecule has 0 amide bonds. The number of benzene rings is 1. The number of hydrogen-bond donors (Lipinski definition) is 1. The zero-order valence-electron chi connectivity index (χ0n) is 12.8. The topological polar surface area (TPSA) is 66.6 Å². The summed E-state index contributed by atoms with van der Waals surface area (Å²) in [6.07, 6.45) is 2.26. The van der Waals surface area contributed by atoms with Crippen molar-refractivity contribution >= 4 is 10.0 Å². The van der Waals surface area contributed by atoms with Gasteiger partial charge in [0.15, 0.2) is 0 Å². The van der Waals surface area contributed by atoms with Crippen LogP contribution >= 0.6 is 0 Å². The second-order valence-electron chi connectivity index (χ2n) is 5.50. The first kappa shape index (κ1) is 16.4. The third kappa shape index (κ3) is 3.83. The van der Waals surface area contributed by atoms with Gasteiger partial charge < -0.3 is 5.73 Å². The molecule has 1 atom stereocenters. The normalized spacial score (nSPS) is 19.6. The highest BCUT2D eigenvalue weighted by molar-refractivity contribution is 7.88. The number of nitrogens with two attached hydrogens (primary N) is 1. The smallest absolute Gasteiger partial charge is 0.211 e. The minimum absolute atomic E-state index is 0.169. The van der Waals surface area contributed by atoms with Crippen molar-refractivity contribution in [2.75, 3.05) is 39.0 Å². The average Bonchev–Trinajstić information content (AvgIpc) is 2.48. The van der Waals surface area contributed by atoms with Gasteiger partial charge in [0.25, 0.3) is 0 Å². The monoisotopic (exact) mass is 311 g/mol. The largest absolute Gasteiger partial charge is 0.329 e. The Labute approximate surface area is 127 Å². The van der Waals surface area contributed by atoms with E-state index in [1.807, 2.05) is 6.07 Å². The summed E-state index contributed by atoms with van der Waals surface area (Å²) < 4.78 is 24.7. The van der Waals surface area contributed by atoms with E-state index in [1.54, 1.807) is 4.31 Å². The summed E-state index contributed by atoms with van der Waals surface area (Å²) in [5.41, 5.74) is 8.60. The molecule has 2 rings (SSSR count). The molecule has 1 aliphatic heterocycles. The molecule has 2 N–H and O–H groups in total. The van der Waals surface area contributed by atoms with Gasteiger partial charge in [-0.05, 0) is 17.5 Å². The molecule has 21 heavy (non-hydrogen) atoms. The van der Waals surface area contributed by atoms with Crippen LogP contribution in [0.5, 0.6) is 0 Å². The molecule has 0 aromatic heterocycles. The Morgan fingerprint density at radius 1 is 1.19 bits per heavy atom. The third-order valence-electron chi connectivity index (χ3n) is 4.20. The molecule has 5 nitrogen and oxygen atoms in total. The Balaban J connectivity index is 2.13. The standard InChI is InChI=1S/C15H25N3O2S/c1-3-13-6-4-5-7-14(13)15(12-16)17-8-10-18(11-9-17)21(2,19)20/h4-7,15H,3,8-12,16H2,1-2H3. The van der Waals surface area contributed by atoms with E-state index in [1.165, 1.54) is 17.4 Å². The lowest BCUT2D eigenvalue weighted by Crippen LogP contribution is -2.50. The molecule has 0 bridgehead atoms. The van der Waals surface area contributed by atoms with Crippen LogP contribution in [0.4, 0.5) is 0 Å². The van der Waals surface area contributed by atoms with Gasteiger partial charge in [-0.25, -0.2) is 8.42 Å². The Morgan fingerprint density at radius 3 is 2.33 bits per heavy atom. The highest BCUT2D eigenvalue weighted by Gasteiger charge is 2.28. The molecule has 1 heterocycles. The van der Waals surface area contributed by atoms with E-state index in [0.29, 0.717) is 19.6 Å². The first-order valence-corrected chi connectivity index (χ1v) is 9.29. The molecule has 1 saturated heterocycles. The predicted octanol–water partition coefficient (Wildman–Crippen LogP) is 0.826. The average molecular weight is 311 g/mol. The van der Waals surface area contributed by atoms with Gasteiger partial charge in [0.05, 0.1) is 6.26 Å². The van der Waals surface area contributed by atoms with Crippen LogP contribution in [-0.4, -0.2) is 56.6 Å². The first-order chi connectivity index (χ1) is 9.97. The second kappa shape index (κ2) is 6.87. The molecule has 0 radical (unpaired) electrons. The molecule has 6 heteroatoms. The number of hydrogen-bond acceptors (Lipinski definition) is 4. The summed E-state index contributed by atoms with van der Waals surface area (Å²) in [4.78, 5) is 2.30. The Kier molecular flexibility index (Phi) is 5.37. The van der Waals surface area contributed by atoms with E-state index in [2.05, 4.69) is 30.0 Å². The Bertz CT molecular complexity index is 566. The Hall–Kier alpha value is -0.950. The highest BCUT2D eigenvalue weighted by atomic mass is 32.2. The van der Waals surface area contributed by atoms with E-state index in [4.69, 9.17) is 5.73 Å². The summed E-state index contributed by atoms with van der Waals surface area (Å²) in [6.45, 7) is 5.25. The van der Waals surface area contributed by atoms with Gasteiger partial charge in [-0.15, -0.1) is 0 Å². The molecule has 1 aliphatic rings. The van der Waals surface area contributed by atoms with Crippen LogP contribution in [0.2, 0.25) is 0 Å². The number of nitrogens with zero attached hydrogens (tertiary/aromatic N) is 2. The Morgan fingerprint density at radius 2 is 1.81 bits per heavy atom. The van der Waals surface area contributed by atoms with Crippen molar-refractivity contribution in [3.05, 3.63) is 35.4 Å². The van der Waals surface area contributed by atoms with E-state index >= 15 is 0 Å². The maximum absolute atomic E-state index is 11.6. The van der Waals surface area contributed by atoms with Crippen molar-refractivity contribution in [3.8, 4) is 0 Å². The zero-order chi connectivity index (χ0) is 15.5. The SMILES string of the molecule is CCc1ccccc1C(CN)N1CCN(S(C)(=O)=O)CC1. The molecule has 1 aromatic carbocycles. The second-order valence-corrected chi connectivity index (χ2v) is 7.48. The van der Waals surface area contributed by atoms with Gasteiger partial charge in [0.2, 0.25) is 10.0 Å². The third-order valence-corrected chi connectivity index (χ3v) is 5.50. The van der Waals surface area contributed by atoms with Crippen LogP contribution in [0.25, 0.3) is 0 Å². The lowest BCUT2D eigenvalue weighted by atomic mass is 9.97. The number of piperazine rings is 1. The lowest BCUT2D eigenvalue weighted by Gasteiger charge is -2.38. The summed E-state index contributed by atoms with van der Waals surface area (Å²) in [6, 6.07) is 8.55. The van der Waals surface area contributed by atoms with Gasteiger partial charge >= 0.3 is 0 Å². The fourth-order valence-corrected chi connectivity index (χ4v) is 3.83. The molecule has 0 aliphatic carbocycles. The summed E-state index contributed by atoms with van der Waals surface area (Å²) >= 11 is 0. The quantitative estimate of drug-likeness (QED) is 0.874. The van der Waals surface area contributed by atoms with E-state index in [0.717, 1.165) is 19.5 Å². The van der Waals surface area contributed by atoms with Crippen molar-refractivity contribution in [2.24, 2.45) is 5.73 Å². The van der Waals surface area contributed by atoms with Crippen LogP contribution in [0.1, 0.15) is 24.1 Å². The van der Waals surface area contributed by atoms with E-state index in [9.17, 15) is 8.42 Å². The van der Waals surface area contributed by atoms with Gasteiger partial charge in [-0.2, -0.15) is 4.31 Å². The molecule has 118 valence electrons. The summed E-state index contributed by atoms with van der Waals surface area (Å²) in [7, 11) is -3.08. The van der Waals surface area contributed by atoms with Crippen LogP contribution in [0.3, 0.4) is 0 Å². The maximum atomic E-state index is 11.6. The number of sulfonamides is 1. The molecular formula is C15H25N3O2S. The first-order valence-electron chi connectivity index (χ1n) is 7.44. The predicted molar refractivity (Wildman–Crippen MR) is 85.6 cm³/mol. The summed E-state index contributed by atoms with van der Waals surface area (Å²) in [5.74, 6) is 0. The molecule has 0 spiro atoms. The highest BCUT2D eigenvalue weighted by Crippen LogP contribution is 2.25. The maximum Gasteiger partial charge on any atom is 0.211 e. The van der Waals surface area contributed by atoms with Crippen molar-refractivity contribution < 1.29 is 8.42 Å². The van der Waals surface area contributed by atoms with Crippen molar-refractivity contribution in [2.45, 2.75) is 19.4 Å². The molecule has 0 saturated carbocycles. The van der Waals surface area contributed by atoms with Gasteiger partial charge in [-0.3, -0.25) is 4.90 Å². The van der Waals surface area contributed by atoms with Crippen molar-refractivity contribution in [1.29, 1.82) is 0 Å². The number of rotatable bonds is 5.